The summed E-state index contributed by atoms with van der Waals surface area (Å²) in [6.07, 6.45) is 8.63. The topological polar surface area (TPSA) is 6.48 Å². The molecule has 64 valence electrons. The second-order valence-electron chi connectivity index (χ2n) is 3.33. The van der Waals surface area contributed by atoms with Crippen molar-refractivity contribution >= 4 is 0 Å². The van der Waals surface area contributed by atoms with Gasteiger partial charge in [0.15, 0.2) is 0 Å². The Balaban J connectivity index is 2.42. The van der Waals surface area contributed by atoms with E-state index in [0.29, 0.717) is 6.04 Å². The minimum atomic E-state index is 0.458. The summed E-state index contributed by atoms with van der Waals surface area (Å²) >= 11 is 0. The Bertz CT molecular complexity index is 286. The summed E-state index contributed by atoms with van der Waals surface area (Å²) in [6, 6.07) is 0.458. The van der Waals surface area contributed by atoms with E-state index < -0.39 is 0 Å². The zero-order chi connectivity index (χ0) is 8.72. The van der Waals surface area contributed by atoms with Crippen LogP contribution in [0.2, 0.25) is 0 Å². The van der Waals surface area contributed by atoms with Crippen molar-refractivity contribution in [2.75, 3.05) is 14.1 Å². The SMILES string of the molecule is CC1=C2C=CC=CC2N(C)N1C. The first-order chi connectivity index (χ1) is 5.72. The first kappa shape index (κ1) is 7.62. The van der Waals surface area contributed by atoms with Crippen molar-refractivity contribution in [3.63, 3.8) is 0 Å². The van der Waals surface area contributed by atoms with E-state index >= 15 is 0 Å². The predicted octanol–water partition coefficient (Wildman–Crippen LogP) is 1.55. The van der Waals surface area contributed by atoms with Crippen molar-refractivity contribution in [2.24, 2.45) is 0 Å². The number of rotatable bonds is 0. The first-order valence-corrected chi connectivity index (χ1v) is 4.24. The van der Waals surface area contributed by atoms with E-state index in [1.165, 1.54) is 11.3 Å². The van der Waals surface area contributed by atoms with Crippen LogP contribution in [0.15, 0.2) is 35.6 Å². The fourth-order valence-corrected chi connectivity index (χ4v) is 1.80. The highest BCUT2D eigenvalue weighted by molar-refractivity contribution is 5.41. The Kier molecular flexibility index (Phi) is 1.58. The number of nitrogens with zero attached hydrogens (tertiary/aromatic N) is 2. The second-order valence-corrected chi connectivity index (χ2v) is 3.33. The molecule has 0 N–H and O–H groups in total. The van der Waals surface area contributed by atoms with E-state index in [1.807, 2.05) is 0 Å². The maximum Gasteiger partial charge on any atom is 0.0740 e. The maximum absolute atomic E-state index is 2.24. The summed E-state index contributed by atoms with van der Waals surface area (Å²) in [6.45, 7) is 2.16. The largest absolute Gasteiger partial charge is 0.312 e. The molecule has 0 aromatic carbocycles. The lowest BCUT2D eigenvalue weighted by Crippen LogP contribution is -2.35. The summed E-state index contributed by atoms with van der Waals surface area (Å²) in [5.74, 6) is 0. The Morgan fingerprint density at radius 2 is 2.00 bits per heavy atom. The molecule has 2 rings (SSSR count). The smallest absolute Gasteiger partial charge is 0.0740 e. The lowest BCUT2D eigenvalue weighted by atomic mass is 10.0. The standard InChI is InChI=1S/C10H14N2/c1-8-9-6-4-5-7-10(9)12(3)11(8)2/h4-7,10H,1-3H3. The Hall–Kier alpha value is -1.02. The van der Waals surface area contributed by atoms with Gasteiger partial charge in [0.2, 0.25) is 0 Å². The molecule has 0 aromatic rings. The van der Waals surface area contributed by atoms with Crippen LogP contribution in [-0.2, 0) is 0 Å². The number of hydrogen-bond acceptors (Lipinski definition) is 2. The van der Waals surface area contributed by atoms with Crippen molar-refractivity contribution in [1.29, 1.82) is 0 Å². The normalized spacial score (nSPS) is 28.6. The summed E-state index contributed by atoms with van der Waals surface area (Å²) in [4.78, 5) is 0. The number of fused-ring (bicyclic) bond motifs is 1. The fraction of sp³-hybridized carbons (Fsp3) is 0.400. The molecule has 1 aliphatic carbocycles. The van der Waals surface area contributed by atoms with Crippen LogP contribution >= 0.6 is 0 Å². The molecule has 0 fully saturated rings. The molecule has 12 heavy (non-hydrogen) atoms. The van der Waals surface area contributed by atoms with Crippen LogP contribution in [-0.4, -0.2) is 30.2 Å². The van der Waals surface area contributed by atoms with Gasteiger partial charge in [0.05, 0.1) is 6.04 Å². The minimum Gasteiger partial charge on any atom is -0.312 e. The summed E-state index contributed by atoms with van der Waals surface area (Å²) in [5, 5.41) is 4.44. The van der Waals surface area contributed by atoms with Crippen molar-refractivity contribution in [2.45, 2.75) is 13.0 Å². The first-order valence-electron chi connectivity index (χ1n) is 4.24. The van der Waals surface area contributed by atoms with Gasteiger partial charge in [0, 0.05) is 19.8 Å². The molecule has 1 unspecified atom stereocenters. The van der Waals surface area contributed by atoms with E-state index in [1.54, 1.807) is 0 Å². The zero-order valence-electron chi connectivity index (χ0n) is 7.78. The van der Waals surface area contributed by atoms with E-state index in [9.17, 15) is 0 Å². The van der Waals surface area contributed by atoms with Gasteiger partial charge in [0.1, 0.15) is 0 Å². The Morgan fingerprint density at radius 3 is 2.67 bits per heavy atom. The third-order valence-corrected chi connectivity index (χ3v) is 2.78. The third-order valence-electron chi connectivity index (χ3n) is 2.78. The molecule has 0 bridgehead atoms. The average molecular weight is 162 g/mol. The van der Waals surface area contributed by atoms with Gasteiger partial charge >= 0.3 is 0 Å². The predicted molar refractivity (Wildman–Crippen MR) is 50.3 cm³/mol. The molecule has 1 aliphatic heterocycles. The number of allylic oxidation sites excluding steroid dienone is 3. The van der Waals surface area contributed by atoms with Crippen LogP contribution < -0.4 is 0 Å². The molecule has 0 amide bonds. The van der Waals surface area contributed by atoms with Gasteiger partial charge < -0.3 is 5.01 Å². The van der Waals surface area contributed by atoms with Gasteiger partial charge in [0.25, 0.3) is 0 Å². The van der Waals surface area contributed by atoms with E-state index in [0.717, 1.165) is 0 Å². The minimum absolute atomic E-state index is 0.458. The van der Waals surface area contributed by atoms with Crippen LogP contribution in [0.5, 0.6) is 0 Å². The van der Waals surface area contributed by atoms with E-state index in [2.05, 4.69) is 55.3 Å². The van der Waals surface area contributed by atoms with Crippen LogP contribution in [0, 0.1) is 0 Å². The molecule has 1 heterocycles. The Labute approximate surface area is 73.4 Å². The highest BCUT2D eigenvalue weighted by atomic mass is 15.6. The summed E-state index contributed by atoms with van der Waals surface area (Å²) in [5.41, 5.74) is 2.77. The van der Waals surface area contributed by atoms with E-state index in [4.69, 9.17) is 0 Å². The van der Waals surface area contributed by atoms with Crippen LogP contribution in [0.3, 0.4) is 0 Å². The maximum atomic E-state index is 2.24. The second kappa shape index (κ2) is 2.49. The monoisotopic (exact) mass is 162 g/mol. The fourth-order valence-electron chi connectivity index (χ4n) is 1.80. The Morgan fingerprint density at radius 1 is 1.25 bits per heavy atom. The molecular weight excluding hydrogens is 148 g/mol. The van der Waals surface area contributed by atoms with Crippen LogP contribution in [0.4, 0.5) is 0 Å². The van der Waals surface area contributed by atoms with Crippen LogP contribution in [0.1, 0.15) is 6.92 Å². The molecule has 2 heteroatoms. The van der Waals surface area contributed by atoms with Crippen LogP contribution in [0.25, 0.3) is 0 Å². The van der Waals surface area contributed by atoms with Crippen molar-refractivity contribution < 1.29 is 0 Å². The molecule has 1 atom stereocenters. The molecular formula is C10H14N2. The van der Waals surface area contributed by atoms with Crippen molar-refractivity contribution in [3.05, 3.63) is 35.6 Å². The van der Waals surface area contributed by atoms with Gasteiger partial charge in [-0.2, -0.15) is 0 Å². The number of hydrogen-bond donors (Lipinski definition) is 0. The molecule has 0 saturated carbocycles. The van der Waals surface area contributed by atoms with E-state index in [-0.39, 0.29) is 0 Å². The molecule has 0 saturated heterocycles. The lowest BCUT2D eigenvalue weighted by Gasteiger charge is -2.27. The van der Waals surface area contributed by atoms with Gasteiger partial charge in [-0.3, -0.25) is 0 Å². The summed E-state index contributed by atoms with van der Waals surface area (Å²) in [7, 11) is 4.22. The average Bonchev–Trinajstić information content (AvgIpc) is 2.33. The number of hydrazine groups is 1. The summed E-state index contributed by atoms with van der Waals surface area (Å²) < 4.78 is 0. The molecule has 0 aromatic heterocycles. The molecule has 0 spiro atoms. The van der Waals surface area contributed by atoms with Gasteiger partial charge in [-0.05, 0) is 12.5 Å². The quantitative estimate of drug-likeness (QED) is 0.533. The van der Waals surface area contributed by atoms with Crippen molar-refractivity contribution in [3.8, 4) is 0 Å². The van der Waals surface area contributed by atoms with Gasteiger partial charge in [-0.15, -0.1) is 0 Å². The van der Waals surface area contributed by atoms with Gasteiger partial charge in [-0.1, -0.05) is 24.3 Å². The highest BCUT2D eigenvalue weighted by Crippen LogP contribution is 2.29. The molecule has 2 nitrogen and oxygen atoms in total. The molecule has 2 aliphatic rings. The zero-order valence-corrected chi connectivity index (χ0v) is 7.78. The third kappa shape index (κ3) is 0.847. The lowest BCUT2D eigenvalue weighted by molar-refractivity contribution is 0.0780. The highest BCUT2D eigenvalue weighted by Gasteiger charge is 2.29. The number of likely N-dealkylation sites (N-methyl/N-ethyl adjacent to an activating group) is 1. The van der Waals surface area contributed by atoms with Gasteiger partial charge in [-0.25, -0.2) is 5.01 Å². The molecule has 0 radical (unpaired) electrons. The van der Waals surface area contributed by atoms with Crippen molar-refractivity contribution in [1.82, 2.24) is 10.0 Å².